The average Bonchev–Trinajstić information content (AvgIpc) is 2.67. The van der Waals surface area contributed by atoms with Crippen LogP contribution in [0.3, 0.4) is 0 Å². The molecule has 0 heterocycles. The summed E-state index contributed by atoms with van der Waals surface area (Å²) in [5.41, 5.74) is 0. The summed E-state index contributed by atoms with van der Waals surface area (Å²) in [6.45, 7) is 7.19. The van der Waals surface area contributed by atoms with Crippen molar-refractivity contribution in [1.82, 2.24) is 0 Å². The largest absolute Gasteiger partial charge is 1.00 e. The van der Waals surface area contributed by atoms with E-state index >= 15 is 0 Å². The summed E-state index contributed by atoms with van der Waals surface area (Å²) in [5, 5.41) is -1.91. The van der Waals surface area contributed by atoms with Crippen molar-refractivity contribution < 1.29 is 83.6 Å². The zero-order valence-corrected chi connectivity index (χ0v) is 30.6. The van der Waals surface area contributed by atoms with Crippen LogP contribution >= 0.6 is 138 Å². The molecule has 0 fully saturated rings. The van der Waals surface area contributed by atoms with Gasteiger partial charge >= 0.3 is 48.1 Å². The van der Waals surface area contributed by atoms with Crippen molar-refractivity contribution in [2.24, 2.45) is 0 Å². The van der Waals surface area contributed by atoms with Crippen LogP contribution in [0.4, 0.5) is 48.6 Å². The van der Waals surface area contributed by atoms with Crippen LogP contribution in [0.1, 0.15) is 20.3 Å². The van der Waals surface area contributed by atoms with Gasteiger partial charge in [0.2, 0.25) is 0 Å². The molecule has 0 radical (unpaired) electrons. The van der Waals surface area contributed by atoms with E-state index < -0.39 is 49.9 Å². The molecule has 0 aromatic rings. The number of hydrogen-bond acceptors (Lipinski definition) is 1. The van der Waals surface area contributed by atoms with Crippen LogP contribution in [0.2, 0.25) is 0 Å². The minimum atomic E-state index is -4.36. The van der Waals surface area contributed by atoms with Gasteiger partial charge in [0.25, 0.3) is 3.25 Å². The molecule has 0 saturated carbocycles. The molecule has 256 valence electrons. The first-order valence-corrected chi connectivity index (χ1v) is 13.1. The summed E-state index contributed by atoms with van der Waals surface area (Å²) in [4.78, 5) is 0. The SMILES string of the molecule is C.C=C.C=CC(F)(F)F.ClC(Cl)(Cl)Cl.ClCCC(Cl)(Cl)Cl.ClCl.F.FC(F)(F)C(Cl)CCl.FCCC(F)(F)F.[Na+].[OH-]. The monoisotopic (exact) mass is 884 g/mol. The predicted octanol–water partition coefficient (Wildman–Crippen LogP) is 11.4. The smallest absolute Gasteiger partial charge is 0.870 e. The third-order valence-electron chi connectivity index (χ3n) is 1.48. The molecule has 1 atom stereocenters. The summed E-state index contributed by atoms with van der Waals surface area (Å²) in [6.07, 6.45) is -13.9. The van der Waals surface area contributed by atoms with Gasteiger partial charge in [-0.1, -0.05) is 95.2 Å². The maximum atomic E-state index is 11.2. The van der Waals surface area contributed by atoms with Crippen molar-refractivity contribution in [3.8, 4) is 0 Å². The van der Waals surface area contributed by atoms with Crippen LogP contribution in [0.25, 0.3) is 0 Å². The second-order valence-corrected chi connectivity index (χ2v) is 11.6. The molecular weight excluding hydrogens is 866 g/mol. The van der Waals surface area contributed by atoms with E-state index in [0.717, 1.165) is 0 Å². The maximum absolute atomic E-state index is 11.2. The number of halogens is 23. The van der Waals surface area contributed by atoms with Crippen LogP contribution in [-0.2, 0) is 0 Å². The minimum absolute atomic E-state index is 0. The first kappa shape index (κ1) is 74.8. The standard InChI is InChI=1S/C3H4Cl4.C3H3Cl2F3.C3H4F4.C3H3F3.C2H4.CCl4.CH4.Cl2.FH.Na.H2O/c4-2-1-3(5,6)7;4-1-2(5)3(6,7)8;4-2-1-3(5,6)7;1-2-3(4,5)6;1-2;2-1(3,4)5;;1-2;;;/h1-2H2;2H,1H2;1-2H2;2H,1H2;1-2H2;;1H4;;1H;;1H2/q;;;;;;;;;+1;/p-1. The Balaban J connectivity index is -0.0000000290. The van der Waals surface area contributed by atoms with Crippen molar-refractivity contribution in [2.45, 2.75) is 51.2 Å². The van der Waals surface area contributed by atoms with Crippen molar-refractivity contribution in [1.29, 1.82) is 0 Å². The molecule has 25 heteroatoms. The van der Waals surface area contributed by atoms with Crippen LogP contribution in [0.15, 0.2) is 25.8 Å². The summed E-state index contributed by atoms with van der Waals surface area (Å²) in [6, 6.07) is 0. The van der Waals surface area contributed by atoms with Crippen LogP contribution < -0.4 is 29.6 Å². The second kappa shape index (κ2) is 43.1. The number of hydrogen-bond donors (Lipinski definition) is 0. The Morgan fingerprint density at radius 3 is 0.976 bits per heavy atom. The quantitative estimate of drug-likeness (QED) is 0.120. The number of alkyl halides is 20. The van der Waals surface area contributed by atoms with Crippen molar-refractivity contribution in [2.75, 3.05) is 18.4 Å². The third kappa shape index (κ3) is 149. The molecule has 1 nitrogen and oxygen atoms in total. The van der Waals surface area contributed by atoms with Gasteiger partial charge in [0.05, 0.1) is 13.1 Å². The van der Waals surface area contributed by atoms with Crippen LogP contribution in [0, 0.1) is 0 Å². The molecule has 41 heavy (non-hydrogen) atoms. The first-order valence-electron chi connectivity index (χ1n) is 7.79. The Hall–Kier alpha value is 3.15. The fraction of sp³-hybridized carbons (Fsp3) is 0.750. The normalized spacial score (nSPS) is 10.6. The van der Waals surface area contributed by atoms with Crippen molar-refractivity contribution in [3.63, 3.8) is 0 Å². The predicted molar refractivity (Wildman–Crippen MR) is 155 cm³/mol. The van der Waals surface area contributed by atoms with E-state index in [4.69, 9.17) is 104 Å². The number of allylic oxidation sites excluding steroid dienone is 1. The molecule has 0 aliphatic carbocycles. The Morgan fingerprint density at radius 2 is 0.976 bits per heavy atom. The maximum Gasteiger partial charge on any atom is 1.00 e. The van der Waals surface area contributed by atoms with E-state index in [0.29, 0.717) is 12.3 Å². The molecule has 0 aliphatic rings. The molecule has 0 aromatic heterocycles. The number of rotatable bonds is 3. The van der Waals surface area contributed by atoms with E-state index in [-0.39, 0.29) is 53.2 Å². The first-order chi connectivity index (χ1) is 16.2. The second-order valence-electron chi connectivity index (χ2n) is 4.45. The van der Waals surface area contributed by atoms with Gasteiger partial charge in [-0.2, -0.15) is 39.5 Å². The third-order valence-corrected chi connectivity index (χ3v) is 3.10. The van der Waals surface area contributed by atoms with Crippen molar-refractivity contribution in [3.05, 3.63) is 25.8 Å². The van der Waals surface area contributed by atoms with Gasteiger partial charge in [-0.25, -0.2) is 0 Å². The summed E-state index contributed by atoms with van der Waals surface area (Å²) in [5.74, 6) is -0.207. The van der Waals surface area contributed by atoms with Gasteiger partial charge in [0.1, 0.15) is 5.38 Å². The van der Waals surface area contributed by atoms with Gasteiger partial charge in [-0.15, -0.1) is 48.0 Å². The van der Waals surface area contributed by atoms with E-state index in [2.05, 4.69) is 53.0 Å². The van der Waals surface area contributed by atoms with E-state index in [1.807, 2.05) is 0 Å². The fourth-order valence-electron chi connectivity index (χ4n) is 0.302. The Labute approximate surface area is 313 Å². The Kier molecular flexibility index (Phi) is 78.7. The molecule has 1 N–H and O–H groups in total. The molecule has 0 amide bonds. The van der Waals surface area contributed by atoms with E-state index in [1.54, 1.807) is 0 Å². The van der Waals surface area contributed by atoms with E-state index in [1.165, 1.54) is 0 Å². The molecule has 0 spiro atoms. The summed E-state index contributed by atoms with van der Waals surface area (Å²) in [7, 11) is 8.22. The van der Waals surface area contributed by atoms with Gasteiger partial charge in [0.15, 0.2) is 3.79 Å². The van der Waals surface area contributed by atoms with Crippen molar-refractivity contribution >= 4 is 138 Å². The molecule has 1 unspecified atom stereocenters. The molecule has 0 rings (SSSR count). The summed E-state index contributed by atoms with van der Waals surface area (Å²) < 4.78 is 106. The molecular formula is C16H24Cl12F11NaO. The van der Waals surface area contributed by atoms with Crippen LogP contribution in [0.5, 0.6) is 0 Å². The molecule has 0 aromatic carbocycles. The van der Waals surface area contributed by atoms with Gasteiger partial charge in [0, 0.05) is 46.0 Å². The topological polar surface area (TPSA) is 30.0 Å². The molecule has 0 bridgehead atoms. The van der Waals surface area contributed by atoms with Gasteiger partial charge < -0.3 is 5.48 Å². The van der Waals surface area contributed by atoms with E-state index in [9.17, 15) is 43.9 Å². The molecule has 0 aliphatic heterocycles. The fourth-order valence-corrected chi connectivity index (χ4v) is 1.33. The summed E-state index contributed by atoms with van der Waals surface area (Å²) >= 11 is 49.8. The Bertz CT molecular complexity index is 456. The molecule has 0 saturated heterocycles. The zero-order valence-electron chi connectivity index (χ0n) is 19.5. The minimum Gasteiger partial charge on any atom is -0.870 e. The average molecular weight is 890 g/mol. The zero-order chi connectivity index (χ0) is 32.3. The van der Waals surface area contributed by atoms with Gasteiger partial charge in [-0.3, -0.25) is 9.09 Å². The van der Waals surface area contributed by atoms with Gasteiger partial charge in [-0.05, 0) is 0 Å². The Morgan fingerprint density at radius 1 is 0.732 bits per heavy atom. The van der Waals surface area contributed by atoms with Crippen LogP contribution in [-0.4, -0.2) is 54.9 Å².